The van der Waals surface area contributed by atoms with Crippen molar-refractivity contribution in [2.24, 2.45) is 0 Å². The summed E-state index contributed by atoms with van der Waals surface area (Å²) < 4.78 is 5.27. The molecule has 0 aromatic heterocycles. The molecule has 0 bridgehead atoms. The minimum atomic E-state index is 0.230. The van der Waals surface area contributed by atoms with E-state index in [0.29, 0.717) is 12.5 Å². The lowest BCUT2D eigenvalue weighted by molar-refractivity contribution is -0.107. The molecule has 1 aromatic carbocycles. The van der Waals surface area contributed by atoms with Crippen molar-refractivity contribution in [1.29, 1.82) is 0 Å². The van der Waals surface area contributed by atoms with Crippen LogP contribution < -0.4 is 5.32 Å². The molecule has 0 fully saturated rings. The Labute approximate surface area is 83.4 Å². The molecule has 0 aliphatic rings. The highest BCUT2D eigenvalue weighted by atomic mass is 16.5. The average Bonchev–Trinajstić information content (AvgIpc) is 2.25. The minimum Gasteiger partial charge on any atom is -0.475 e. The predicted molar refractivity (Wildman–Crippen MR) is 54.4 cm³/mol. The van der Waals surface area contributed by atoms with E-state index in [-0.39, 0.29) is 6.54 Å². The van der Waals surface area contributed by atoms with E-state index < -0.39 is 0 Å². The first-order chi connectivity index (χ1) is 6.83. The summed E-state index contributed by atoms with van der Waals surface area (Å²) in [5, 5.41) is 2.72. The molecule has 1 N–H and O–H groups in total. The van der Waals surface area contributed by atoms with Gasteiger partial charge in [-0.15, -0.1) is 0 Å². The molecule has 14 heavy (non-hydrogen) atoms. The Kier molecular flexibility index (Phi) is 4.27. The summed E-state index contributed by atoms with van der Waals surface area (Å²) in [7, 11) is 0. The van der Waals surface area contributed by atoms with Gasteiger partial charge in [0.1, 0.15) is 12.9 Å². The Hall–Kier alpha value is -1.77. The number of carbonyl (C=O) groups is 1. The molecule has 0 amide bonds. The fraction of sp³-hybridized carbons (Fsp3) is 0.182. The third-order valence-corrected chi connectivity index (χ3v) is 1.64. The van der Waals surface area contributed by atoms with Crippen LogP contribution in [0.1, 0.15) is 5.56 Å². The van der Waals surface area contributed by atoms with Crippen LogP contribution >= 0.6 is 0 Å². The summed E-state index contributed by atoms with van der Waals surface area (Å²) in [6, 6.07) is 9.77. The molecule has 0 heterocycles. The quantitative estimate of drug-likeness (QED) is 0.546. The van der Waals surface area contributed by atoms with E-state index in [1.165, 1.54) is 0 Å². The third-order valence-electron chi connectivity index (χ3n) is 1.64. The van der Waals surface area contributed by atoms with E-state index in [1.807, 2.05) is 30.3 Å². The molecule has 0 aliphatic heterocycles. The van der Waals surface area contributed by atoms with Crippen molar-refractivity contribution in [2.75, 3.05) is 6.54 Å². The molecule has 0 radical (unpaired) electrons. The van der Waals surface area contributed by atoms with Crippen LogP contribution in [0.2, 0.25) is 0 Å². The van der Waals surface area contributed by atoms with Gasteiger partial charge in [-0.25, -0.2) is 0 Å². The maximum atomic E-state index is 10.0. The number of ether oxygens (including phenoxy) is 1. The Morgan fingerprint density at radius 3 is 2.79 bits per heavy atom. The topological polar surface area (TPSA) is 38.3 Å². The van der Waals surface area contributed by atoms with Crippen molar-refractivity contribution in [2.45, 2.75) is 6.61 Å². The highest BCUT2D eigenvalue weighted by molar-refractivity contribution is 5.52. The van der Waals surface area contributed by atoms with Gasteiger partial charge in [-0.3, -0.25) is 0 Å². The second-order valence-corrected chi connectivity index (χ2v) is 2.75. The van der Waals surface area contributed by atoms with Gasteiger partial charge in [-0.05, 0) is 12.1 Å². The lowest BCUT2D eigenvalue weighted by Crippen LogP contribution is -2.16. The van der Waals surface area contributed by atoms with E-state index in [0.717, 1.165) is 11.8 Å². The number of nitrogens with one attached hydrogen (secondary N) is 1. The van der Waals surface area contributed by atoms with Gasteiger partial charge in [0.2, 0.25) is 0 Å². The number of hydrogen-bond acceptors (Lipinski definition) is 3. The molecule has 0 atom stereocenters. The highest BCUT2D eigenvalue weighted by Crippen LogP contribution is 2.02. The van der Waals surface area contributed by atoms with Crippen molar-refractivity contribution in [3.63, 3.8) is 0 Å². The van der Waals surface area contributed by atoms with E-state index in [2.05, 4.69) is 11.9 Å². The van der Waals surface area contributed by atoms with Gasteiger partial charge in [0.25, 0.3) is 0 Å². The van der Waals surface area contributed by atoms with Gasteiger partial charge in [-0.2, -0.15) is 0 Å². The highest BCUT2D eigenvalue weighted by Gasteiger charge is 1.94. The van der Waals surface area contributed by atoms with Gasteiger partial charge in [0.05, 0.1) is 6.54 Å². The van der Waals surface area contributed by atoms with Crippen LogP contribution in [-0.2, 0) is 16.1 Å². The smallest absolute Gasteiger partial charge is 0.179 e. The zero-order chi connectivity index (χ0) is 10.2. The summed E-state index contributed by atoms with van der Waals surface area (Å²) in [5.74, 6) is 0.418. The van der Waals surface area contributed by atoms with Crippen molar-refractivity contribution in [3.8, 4) is 0 Å². The van der Waals surface area contributed by atoms with Gasteiger partial charge in [0.15, 0.2) is 5.88 Å². The Bertz CT molecular complexity index is 295. The summed E-state index contributed by atoms with van der Waals surface area (Å²) in [4.78, 5) is 10.0. The third kappa shape index (κ3) is 3.76. The van der Waals surface area contributed by atoms with Crippen LogP contribution in [0.5, 0.6) is 0 Å². The lowest BCUT2D eigenvalue weighted by Gasteiger charge is -2.08. The Morgan fingerprint density at radius 2 is 2.14 bits per heavy atom. The first kappa shape index (κ1) is 10.3. The Morgan fingerprint density at radius 1 is 1.43 bits per heavy atom. The van der Waals surface area contributed by atoms with Crippen LogP contribution in [0.3, 0.4) is 0 Å². The standard InChI is InChI=1S/C11H13NO2/c1-10(12-7-8-13)14-9-11-5-3-2-4-6-11/h2-6,8,12H,1,7,9H2. The fourth-order valence-electron chi connectivity index (χ4n) is 0.951. The van der Waals surface area contributed by atoms with E-state index in [1.54, 1.807) is 0 Å². The summed E-state index contributed by atoms with van der Waals surface area (Å²) in [6.07, 6.45) is 0.761. The van der Waals surface area contributed by atoms with Gasteiger partial charge in [0, 0.05) is 0 Å². The molecule has 3 heteroatoms. The minimum absolute atomic E-state index is 0.230. The predicted octanol–water partition coefficient (Wildman–Crippen LogP) is 1.46. The molecule has 0 unspecified atom stereocenters. The maximum Gasteiger partial charge on any atom is 0.179 e. The largest absolute Gasteiger partial charge is 0.475 e. The summed E-state index contributed by atoms with van der Waals surface area (Å²) in [5.41, 5.74) is 1.07. The Balaban J connectivity index is 2.27. The van der Waals surface area contributed by atoms with E-state index in [9.17, 15) is 4.79 Å². The van der Waals surface area contributed by atoms with Crippen LogP contribution in [0, 0.1) is 0 Å². The number of carbonyl (C=O) groups excluding carboxylic acids is 1. The SMILES string of the molecule is C=C(NCC=O)OCc1ccccc1. The monoisotopic (exact) mass is 191 g/mol. The zero-order valence-electron chi connectivity index (χ0n) is 7.90. The molecular weight excluding hydrogens is 178 g/mol. The van der Waals surface area contributed by atoms with Crippen LogP contribution in [-0.4, -0.2) is 12.8 Å². The first-order valence-electron chi connectivity index (χ1n) is 4.36. The average molecular weight is 191 g/mol. The molecule has 0 aliphatic carbocycles. The first-order valence-corrected chi connectivity index (χ1v) is 4.36. The second kappa shape index (κ2) is 5.80. The van der Waals surface area contributed by atoms with E-state index >= 15 is 0 Å². The van der Waals surface area contributed by atoms with Crippen LogP contribution in [0.15, 0.2) is 42.8 Å². The normalized spacial score (nSPS) is 9.14. The molecule has 1 rings (SSSR count). The molecule has 1 aromatic rings. The maximum absolute atomic E-state index is 10.0. The molecule has 74 valence electrons. The van der Waals surface area contributed by atoms with Crippen molar-refractivity contribution in [1.82, 2.24) is 5.32 Å². The fourth-order valence-corrected chi connectivity index (χ4v) is 0.951. The van der Waals surface area contributed by atoms with Gasteiger partial charge in [-0.1, -0.05) is 30.3 Å². The lowest BCUT2D eigenvalue weighted by atomic mass is 10.2. The number of benzene rings is 1. The van der Waals surface area contributed by atoms with Crippen LogP contribution in [0.25, 0.3) is 0 Å². The molecule has 0 saturated heterocycles. The van der Waals surface area contributed by atoms with E-state index in [4.69, 9.17) is 4.74 Å². The number of aldehydes is 1. The van der Waals surface area contributed by atoms with Crippen LogP contribution in [0.4, 0.5) is 0 Å². The van der Waals surface area contributed by atoms with Gasteiger partial charge >= 0.3 is 0 Å². The zero-order valence-corrected chi connectivity index (χ0v) is 7.90. The second-order valence-electron chi connectivity index (χ2n) is 2.75. The molecule has 0 spiro atoms. The summed E-state index contributed by atoms with van der Waals surface area (Å²) >= 11 is 0. The van der Waals surface area contributed by atoms with Gasteiger partial charge < -0.3 is 14.8 Å². The summed E-state index contributed by atoms with van der Waals surface area (Å²) in [6.45, 7) is 4.31. The molecular formula is C11H13NO2. The van der Waals surface area contributed by atoms with Crippen molar-refractivity contribution in [3.05, 3.63) is 48.4 Å². The van der Waals surface area contributed by atoms with Crippen molar-refractivity contribution < 1.29 is 9.53 Å². The molecule has 3 nitrogen and oxygen atoms in total. The number of rotatable bonds is 6. The van der Waals surface area contributed by atoms with Crippen molar-refractivity contribution >= 4 is 6.29 Å². The molecule has 0 saturated carbocycles. The number of hydrogen-bond donors (Lipinski definition) is 1.